The molecule has 3 saturated heterocycles. The van der Waals surface area contributed by atoms with Crippen molar-refractivity contribution in [3.63, 3.8) is 0 Å². The van der Waals surface area contributed by atoms with Crippen LogP contribution in [0.3, 0.4) is 0 Å². The summed E-state index contributed by atoms with van der Waals surface area (Å²) >= 11 is 0. The van der Waals surface area contributed by atoms with E-state index in [9.17, 15) is 18.8 Å². The van der Waals surface area contributed by atoms with E-state index < -0.39 is 17.7 Å². The number of nitrogens with zero attached hydrogens (tertiary/aromatic N) is 8. The van der Waals surface area contributed by atoms with Gasteiger partial charge in [0.2, 0.25) is 11.8 Å². The van der Waals surface area contributed by atoms with E-state index in [1.807, 2.05) is 59.2 Å². The van der Waals surface area contributed by atoms with Gasteiger partial charge >= 0.3 is 5.76 Å². The minimum absolute atomic E-state index is 0.0603. The lowest BCUT2D eigenvalue weighted by molar-refractivity contribution is -0.135. The molecule has 15 heteroatoms. The number of halogens is 1. The van der Waals surface area contributed by atoms with Crippen LogP contribution in [-0.2, 0) is 9.59 Å². The maximum absolute atomic E-state index is 14.1. The van der Waals surface area contributed by atoms with E-state index in [0.29, 0.717) is 23.3 Å². The van der Waals surface area contributed by atoms with Gasteiger partial charge < -0.3 is 19.5 Å². The number of piperazine rings is 1. The van der Waals surface area contributed by atoms with Crippen molar-refractivity contribution < 1.29 is 18.4 Å². The third-order valence-electron chi connectivity index (χ3n) is 10.7. The highest BCUT2D eigenvalue weighted by molar-refractivity contribution is 6.00. The van der Waals surface area contributed by atoms with E-state index >= 15 is 0 Å². The average molecular weight is 731 g/mol. The number of oxazole rings is 1. The highest BCUT2D eigenvalue weighted by Gasteiger charge is 2.32. The summed E-state index contributed by atoms with van der Waals surface area (Å²) in [4.78, 5) is 53.5. The topological polar surface area (TPSA) is 146 Å². The first-order chi connectivity index (χ1) is 26.4. The smallest absolute Gasteiger partial charge is 0.405 e. The number of imide groups is 1. The van der Waals surface area contributed by atoms with Gasteiger partial charge in [-0.15, -0.1) is 5.10 Å². The summed E-state index contributed by atoms with van der Waals surface area (Å²) < 4.78 is 22.9. The van der Waals surface area contributed by atoms with E-state index in [2.05, 4.69) is 30.3 Å². The Morgan fingerprint density at radius 1 is 0.889 bits per heavy atom. The van der Waals surface area contributed by atoms with Crippen molar-refractivity contribution in [3.05, 3.63) is 101 Å². The van der Waals surface area contributed by atoms with E-state index in [1.54, 1.807) is 18.2 Å². The zero-order valence-electron chi connectivity index (χ0n) is 29.5. The fraction of sp³-hybridized carbons (Fsp3) is 0.333. The highest BCUT2D eigenvalue weighted by Crippen LogP contribution is 2.36. The van der Waals surface area contributed by atoms with Gasteiger partial charge in [-0.25, -0.2) is 23.7 Å². The molecule has 3 aliphatic heterocycles. The molecular weight excluding hydrogens is 691 g/mol. The molecule has 0 radical (unpaired) electrons. The Bertz CT molecular complexity index is 2430. The normalized spacial score (nSPS) is 19.6. The Balaban J connectivity index is 0.842. The molecule has 2 N–H and O–H groups in total. The second-order valence-electron chi connectivity index (χ2n) is 14.0. The fourth-order valence-electron chi connectivity index (χ4n) is 8.00. The number of carbonyl (C=O) groups is 2. The van der Waals surface area contributed by atoms with Crippen LogP contribution < -0.4 is 26.2 Å². The van der Waals surface area contributed by atoms with Gasteiger partial charge in [-0.3, -0.25) is 24.4 Å². The monoisotopic (exact) mass is 730 g/mol. The lowest BCUT2D eigenvalue weighted by Gasteiger charge is -2.35. The standard InChI is InChI=1S/C39H39FN10O4/c40-26-6-1-5-25(23-26)29-10-4-17-48(29)35-14-13-33-42-24-32(50(33)45-35)27-7-3-11-34(43-27)47-21-19-46(20-22-47)18-16-41-28-8-2-9-30-37(28)54-39(53)49(30)31-12-15-36(51)44-38(31)52/h1-3,5-9,11,13-14,23-24,29,31,41H,4,10,12,15-22H2,(H,44,51,52)/t29-,31?/m1/s1. The third-order valence-corrected chi connectivity index (χ3v) is 10.7. The summed E-state index contributed by atoms with van der Waals surface area (Å²) in [5.41, 5.74) is 4.86. The summed E-state index contributed by atoms with van der Waals surface area (Å²) in [5.74, 6) is 0.0335. The van der Waals surface area contributed by atoms with E-state index in [0.717, 1.165) is 86.3 Å². The zero-order chi connectivity index (χ0) is 36.8. The molecule has 4 aromatic heterocycles. The molecule has 54 heavy (non-hydrogen) atoms. The SMILES string of the molecule is O=C1CCC(n2c(=O)oc3c(NCCN4CCN(c5cccc(-c6cnc7ccc(N8CCC[C@@H]8c8cccc(F)c8)nn67)n5)CC4)cccc32)C(=O)N1. The number of aromatic nitrogens is 5. The van der Waals surface area contributed by atoms with Crippen molar-refractivity contribution in [1.82, 2.24) is 34.4 Å². The molecule has 2 amide bonds. The number of hydrogen-bond acceptors (Lipinski definition) is 11. The van der Waals surface area contributed by atoms with Crippen LogP contribution in [0.25, 0.3) is 28.1 Å². The number of hydrogen-bond donors (Lipinski definition) is 2. The number of rotatable bonds is 9. The maximum atomic E-state index is 14.1. The van der Waals surface area contributed by atoms with Crippen molar-refractivity contribution in [2.75, 3.05) is 60.9 Å². The number of anilines is 3. The maximum Gasteiger partial charge on any atom is 0.420 e. The van der Waals surface area contributed by atoms with Crippen LogP contribution in [0.2, 0.25) is 0 Å². The van der Waals surface area contributed by atoms with Gasteiger partial charge in [-0.1, -0.05) is 24.3 Å². The largest absolute Gasteiger partial charge is 0.420 e. The van der Waals surface area contributed by atoms with Gasteiger partial charge in [-0.05, 0) is 73.4 Å². The van der Waals surface area contributed by atoms with Gasteiger partial charge in [0.05, 0.1) is 29.1 Å². The van der Waals surface area contributed by atoms with E-state index in [-0.39, 0.29) is 30.6 Å². The fourth-order valence-corrected chi connectivity index (χ4v) is 8.00. The lowest BCUT2D eigenvalue weighted by atomic mass is 10.0. The van der Waals surface area contributed by atoms with Crippen molar-refractivity contribution in [2.45, 2.75) is 37.8 Å². The zero-order valence-corrected chi connectivity index (χ0v) is 29.5. The van der Waals surface area contributed by atoms with Gasteiger partial charge in [0.1, 0.15) is 29.2 Å². The molecule has 7 heterocycles. The molecule has 276 valence electrons. The highest BCUT2D eigenvalue weighted by atomic mass is 19.1. The molecule has 0 saturated carbocycles. The van der Waals surface area contributed by atoms with Gasteiger partial charge in [-0.2, -0.15) is 0 Å². The number of imidazole rings is 1. The van der Waals surface area contributed by atoms with Crippen LogP contribution in [0.5, 0.6) is 0 Å². The number of amides is 2. The number of pyridine rings is 1. The van der Waals surface area contributed by atoms with Crippen molar-refractivity contribution in [2.24, 2.45) is 0 Å². The van der Waals surface area contributed by atoms with Crippen molar-refractivity contribution in [1.29, 1.82) is 0 Å². The first-order valence-corrected chi connectivity index (χ1v) is 18.4. The Morgan fingerprint density at radius 3 is 2.59 bits per heavy atom. The molecular formula is C39H39FN10O4. The molecule has 2 aromatic carbocycles. The number of carbonyl (C=O) groups excluding carboxylic acids is 2. The van der Waals surface area contributed by atoms with Crippen LogP contribution in [0.1, 0.15) is 43.3 Å². The third kappa shape index (κ3) is 6.33. The Kier molecular flexibility index (Phi) is 8.77. The van der Waals surface area contributed by atoms with Crippen LogP contribution in [0.15, 0.2) is 88.2 Å². The molecule has 2 atom stereocenters. The predicted molar refractivity (Wildman–Crippen MR) is 201 cm³/mol. The predicted octanol–water partition coefficient (Wildman–Crippen LogP) is 4.39. The van der Waals surface area contributed by atoms with Gasteiger partial charge in [0, 0.05) is 52.2 Å². The number of piperidine rings is 1. The molecule has 3 fully saturated rings. The Labute approximate surface area is 309 Å². The Hall–Kier alpha value is -6.09. The summed E-state index contributed by atoms with van der Waals surface area (Å²) in [6.07, 6.45) is 4.17. The summed E-state index contributed by atoms with van der Waals surface area (Å²) in [5, 5.41) is 10.7. The lowest BCUT2D eigenvalue weighted by Crippen LogP contribution is -2.47. The quantitative estimate of drug-likeness (QED) is 0.204. The minimum Gasteiger partial charge on any atom is -0.405 e. The van der Waals surface area contributed by atoms with E-state index in [4.69, 9.17) is 14.5 Å². The van der Waals surface area contributed by atoms with Crippen LogP contribution in [-0.4, -0.2) is 86.7 Å². The molecule has 14 nitrogen and oxygen atoms in total. The van der Waals surface area contributed by atoms with Crippen molar-refractivity contribution >= 4 is 45.9 Å². The first kappa shape index (κ1) is 33.7. The minimum atomic E-state index is -0.788. The van der Waals surface area contributed by atoms with Gasteiger partial charge in [0.25, 0.3) is 0 Å². The Morgan fingerprint density at radius 2 is 1.74 bits per heavy atom. The van der Waals surface area contributed by atoms with Crippen LogP contribution in [0, 0.1) is 5.82 Å². The number of nitrogens with one attached hydrogen (secondary N) is 2. The summed E-state index contributed by atoms with van der Waals surface area (Å²) in [6.45, 7) is 5.56. The first-order valence-electron chi connectivity index (χ1n) is 18.4. The summed E-state index contributed by atoms with van der Waals surface area (Å²) in [6, 6.07) is 21.5. The van der Waals surface area contributed by atoms with Gasteiger partial charge in [0.15, 0.2) is 11.2 Å². The molecule has 9 rings (SSSR count). The molecule has 6 aromatic rings. The molecule has 0 spiro atoms. The molecule has 0 aliphatic carbocycles. The molecule has 1 unspecified atom stereocenters. The second-order valence-corrected chi connectivity index (χ2v) is 14.0. The summed E-state index contributed by atoms with van der Waals surface area (Å²) in [7, 11) is 0. The average Bonchev–Trinajstić information content (AvgIpc) is 3.93. The van der Waals surface area contributed by atoms with E-state index in [1.165, 1.54) is 10.6 Å². The van der Waals surface area contributed by atoms with Crippen LogP contribution in [0.4, 0.5) is 21.7 Å². The van der Waals surface area contributed by atoms with Crippen LogP contribution >= 0.6 is 0 Å². The molecule has 0 bridgehead atoms. The number of fused-ring (bicyclic) bond motifs is 2. The van der Waals surface area contributed by atoms with Crippen molar-refractivity contribution in [3.8, 4) is 11.4 Å². The second kappa shape index (κ2) is 14.0. The molecule has 3 aliphatic rings. The number of benzene rings is 2. The number of para-hydroxylation sites is 1.